The summed E-state index contributed by atoms with van der Waals surface area (Å²) in [6.07, 6.45) is 0.726. The molecule has 1 amide bonds. The van der Waals surface area contributed by atoms with Crippen LogP contribution >= 0.6 is 27.3 Å². The Balaban J connectivity index is 1.99. The number of aryl methyl sites for hydroxylation is 1. The van der Waals surface area contributed by atoms with Gasteiger partial charge in [0, 0.05) is 28.1 Å². The van der Waals surface area contributed by atoms with E-state index in [1.165, 1.54) is 11.3 Å². The van der Waals surface area contributed by atoms with Crippen LogP contribution in [-0.2, 0) is 14.3 Å². The van der Waals surface area contributed by atoms with Crippen LogP contribution in [0.1, 0.15) is 42.3 Å². The fourth-order valence-corrected chi connectivity index (χ4v) is 4.45. The van der Waals surface area contributed by atoms with Gasteiger partial charge in [-0.15, -0.1) is 11.3 Å². The Labute approximate surface area is 183 Å². The molecule has 2 aromatic rings. The van der Waals surface area contributed by atoms with Crippen molar-refractivity contribution in [2.45, 2.75) is 39.3 Å². The lowest BCUT2D eigenvalue weighted by molar-refractivity contribution is -0.140. The van der Waals surface area contributed by atoms with Crippen molar-refractivity contribution in [1.82, 2.24) is 4.90 Å². The minimum Gasteiger partial charge on any atom is -0.507 e. The zero-order valence-electron chi connectivity index (χ0n) is 16.6. The highest BCUT2D eigenvalue weighted by atomic mass is 79.9. The summed E-state index contributed by atoms with van der Waals surface area (Å²) in [6, 6.07) is 8.54. The summed E-state index contributed by atoms with van der Waals surface area (Å²) < 4.78 is 6.48. The molecule has 1 saturated heterocycles. The minimum absolute atomic E-state index is 0.110. The van der Waals surface area contributed by atoms with Gasteiger partial charge < -0.3 is 14.7 Å². The first-order valence-corrected chi connectivity index (χ1v) is 11.2. The van der Waals surface area contributed by atoms with Crippen LogP contribution in [-0.4, -0.2) is 41.0 Å². The molecule has 29 heavy (non-hydrogen) atoms. The lowest BCUT2D eigenvalue weighted by atomic mass is 9.99. The maximum Gasteiger partial charge on any atom is 0.295 e. The maximum atomic E-state index is 12.9. The molecule has 0 spiro atoms. The Bertz CT molecular complexity index is 936. The fraction of sp³-hybridized carbons (Fsp3) is 0.364. The van der Waals surface area contributed by atoms with Crippen molar-refractivity contribution in [3.8, 4) is 0 Å². The van der Waals surface area contributed by atoms with E-state index in [0.717, 1.165) is 14.9 Å². The van der Waals surface area contributed by atoms with Crippen LogP contribution in [0.4, 0.5) is 0 Å². The van der Waals surface area contributed by atoms with Crippen molar-refractivity contribution < 1.29 is 19.4 Å². The number of rotatable bonds is 7. The van der Waals surface area contributed by atoms with Crippen LogP contribution in [0.3, 0.4) is 0 Å². The highest BCUT2D eigenvalue weighted by Gasteiger charge is 2.46. The van der Waals surface area contributed by atoms with Gasteiger partial charge >= 0.3 is 0 Å². The number of thiophene rings is 1. The van der Waals surface area contributed by atoms with E-state index in [2.05, 4.69) is 15.9 Å². The topological polar surface area (TPSA) is 66.8 Å². The molecule has 1 aromatic heterocycles. The molecule has 1 aromatic carbocycles. The van der Waals surface area contributed by atoms with Crippen molar-refractivity contribution in [1.29, 1.82) is 0 Å². The smallest absolute Gasteiger partial charge is 0.295 e. The monoisotopic (exact) mass is 477 g/mol. The number of aliphatic hydroxyl groups excluding tert-OH is 1. The molecular weight excluding hydrogens is 454 g/mol. The van der Waals surface area contributed by atoms with E-state index in [1.54, 1.807) is 17.0 Å². The second-order valence-corrected chi connectivity index (χ2v) is 9.08. The molecule has 154 valence electrons. The summed E-state index contributed by atoms with van der Waals surface area (Å²) in [5.74, 6) is -1.37. The highest BCUT2D eigenvalue weighted by Crippen LogP contribution is 2.41. The minimum atomic E-state index is -0.647. The number of amides is 1. The van der Waals surface area contributed by atoms with Crippen molar-refractivity contribution in [3.63, 3.8) is 0 Å². The Hall–Kier alpha value is -1.96. The molecule has 1 N–H and O–H groups in total. The number of ether oxygens (including phenoxy) is 1. The standard InChI is InChI=1S/C22H24BrNO4S/c1-13(2)28-10-5-9-24-19(17-6-4-11-29-17)18(21(26)22(24)27)20(25)15-7-8-16(23)14(3)12-15/h4,6-8,11-13,19,25H,5,9-10H2,1-3H3/b20-18-. The van der Waals surface area contributed by atoms with Gasteiger partial charge in [0.1, 0.15) is 5.76 Å². The summed E-state index contributed by atoms with van der Waals surface area (Å²) in [5, 5.41) is 12.9. The number of ketones is 1. The fourth-order valence-electron chi connectivity index (χ4n) is 3.35. The lowest BCUT2D eigenvalue weighted by Gasteiger charge is -2.24. The molecule has 1 unspecified atom stereocenters. The van der Waals surface area contributed by atoms with E-state index in [0.29, 0.717) is 25.1 Å². The number of likely N-dealkylation sites (tertiary alicyclic amines) is 1. The third-order valence-corrected chi connectivity index (χ3v) is 6.59. The average molecular weight is 478 g/mol. The number of carbonyl (C=O) groups is 2. The number of Topliss-reactive ketones (excluding diaryl/α,β-unsaturated/α-hetero) is 1. The summed E-state index contributed by atoms with van der Waals surface area (Å²) in [6.45, 7) is 6.71. The molecule has 0 saturated carbocycles. The van der Waals surface area contributed by atoms with Crippen molar-refractivity contribution in [3.05, 3.63) is 61.8 Å². The second-order valence-electron chi connectivity index (χ2n) is 7.24. The van der Waals surface area contributed by atoms with Crippen LogP contribution < -0.4 is 0 Å². The van der Waals surface area contributed by atoms with E-state index < -0.39 is 17.7 Å². The van der Waals surface area contributed by atoms with E-state index in [4.69, 9.17) is 4.74 Å². The molecule has 5 nitrogen and oxygen atoms in total. The molecule has 1 aliphatic heterocycles. The first-order chi connectivity index (χ1) is 13.8. The number of halogens is 1. The molecule has 0 radical (unpaired) electrons. The van der Waals surface area contributed by atoms with Crippen LogP contribution in [0.2, 0.25) is 0 Å². The molecule has 2 heterocycles. The molecule has 1 fully saturated rings. The molecule has 7 heteroatoms. The van der Waals surface area contributed by atoms with Gasteiger partial charge in [-0.1, -0.05) is 28.1 Å². The third-order valence-electron chi connectivity index (χ3n) is 4.78. The predicted octanol–water partition coefficient (Wildman–Crippen LogP) is 5.06. The normalized spacial score (nSPS) is 18.8. The maximum absolute atomic E-state index is 12.9. The molecule has 3 rings (SSSR count). The third kappa shape index (κ3) is 4.63. The number of nitrogens with zero attached hydrogens (tertiary/aromatic N) is 1. The predicted molar refractivity (Wildman–Crippen MR) is 118 cm³/mol. The quantitative estimate of drug-likeness (QED) is 0.262. The van der Waals surface area contributed by atoms with Crippen LogP contribution in [0, 0.1) is 6.92 Å². The van der Waals surface area contributed by atoms with E-state index in [9.17, 15) is 14.7 Å². The van der Waals surface area contributed by atoms with Gasteiger partial charge in [-0.25, -0.2) is 0 Å². The van der Waals surface area contributed by atoms with Gasteiger partial charge in [0.2, 0.25) is 0 Å². The number of benzene rings is 1. The van der Waals surface area contributed by atoms with Gasteiger partial charge in [-0.2, -0.15) is 0 Å². The zero-order valence-corrected chi connectivity index (χ0v) is 19.0. The summed E-state index contributed by atoms with van der Waals surface area (Å²) in [4.78, 5) is 28.1. The number of carbonyl (C=O) groups excluding carboxylic acids is 2. The summed E-state index contributed by atoms with van der Waals surface area (Å²) >= 11 is 4.91. The SMILES string of the molecule is Cc1cc(/C(O)=C2/C(=O)C(=O)N(CCCOC(C)C)C2c2cccs2)ccc1Br. The molecular formula is C22H24BrNO4S. The Kier molecular flexibility index (Phi) is 6.93. The largest absolute Gasteiger partial charge is 0.507 e. The van der Waals surface area contributed by atoms with E-state index in [1.807, 2.05) is 44.4 Å². The van der Waals surface area contributed by atoms with Gasteiger partial charge in [0.15, 0.2) is 0 Å². The van der Waals surface area contributed by atoms with Crippen molar-refractivity contribution in [2.75, 3.05) is 13.2 Å². The number of hydrogen-bond donors (Lipinski definition) is 1. The van der Waals surface area contributed by atoms with E-state index in [-0.39, 0.29) is 17.4 Å². The van der Waals surface area contributed by atoms with Gasteiger partial charge in [0.05, 0.1) is 17.7 Å². The van der Waals surface area contributed by atoms with Gasteiger partial charge in [-0.3, -0.25) is 9.59 Å². The molecule has 1 aliphatic rings. The number of hydrogen-bond acceptors (Lipinski definition) is 5. The van der Waals surface area contributed by atoms with Crippen LogP contribution in [0.5, 0.6) is 0 Å². The van der Waals surface area contributed by atoms with Crippen LogP contribution in [0.25, 0.3) is 5.76 Å². The highest BCUT2D eigenvalue weighted by molar-refractivity contribution is 9.10. The molecule has 0 aliphatic carbocycles. The van der Waals surface area contributed by atoms with E-state index >= 15 is 0 Å². The molecule has 1 atom stereocenters. The van der Waals surface area contributed by atoms with Gasteiger partial charge in [0.25, 0.3) is 11.7 Å². The Morgan fingerprint density at radius 2 is 2.07 bits per heavy atom. The first-order valence-electron chi connectivity index (χ1n) is 9.51. The average Bonchev–Trinajstić information content (AvgIpc) is 3.28. The Morgan fingerprint density at radius 1 is 1.31 bits per heavy atom. The zero-order chi connectivity index (χ0) is 21.1. The van der Waals surface area contributed by atoms with Crippen LogP contribution in [0.15, 0.2) is 45.8 Å². The second kappa shape index (κ2) is 9.24. The Morgan fingerprint density at radius 3 is 2.69 bits per heavy atom. The van der Waals surface area contributed by atoms with Crippen molar-refractivity contribution >= 4 is 44.7 Å². The molecule has 0 bridgehead atoms. The summed E-state index contributed by atoms with van der Waals surface area (Å²) in [7, 11) is 0. The van der Waals surface area contributed by atoms with Gasteiger partial charge in [-0.05, 0) is 56.3 Å². The summed E-state index contributed by atoms with van der Waals surface area (Å²) in [5.41, 5.74) is 1.60. The van der Waals surface area contributed by atoms with Crippen molar-refractivity contribution in [2.24, 2.45) is 0 Å². The lowest BCUT2D eigenvalue weighted by Crippen LogP contribution is -2.31. The first kappa shape index (κ1) is 21.7. The number of aliphatic hydroxyl groups is 1.